The third-order valence-electron chi connectivity index (χ3n) is 5.69. The Bertz CT molecular complexity index is 1150. The monoisotopic (exact) mass is 474 g/mol. The molecule has 8 heteroatoms. The summed E-state index contributed by atoms with van der Waals surface area (Å²) in [6, 6.07) is 21.1. The van der Waals surface area contributed by atoms with E-state index in [9.17, 15) is 9.59 Å². The summed E-state index contributed by atoms with van der Waals surface area (Å²) in [7, 11) is 1.50. The van der Waals surface area contributed by atoms with Gasteiger partial charge in [-0.05, 0) is 62.3 Å². The first-order chi connectivity index (χ1) is 17.1. The fourth-order valence-electron chi connectivity index (χ4n) is 3.94. The van der Waals surface area contributed by atoms with Crippen molar-refractivity contribution in [3.8, 4) is 17.2 Å². The number of hydrogen-bond donors (Lipinski definition) is 3. The summed E-state index contributed by atoms with van der Waals surface area (Å²) in [5, 5.41) is 8.51. The molecule has 1 heterocycles. The van der Waals surface area contributed by atoms with Gasteiger partial charge in [0.1, 0.15) is 17.2 Å². The molecule has 35 heavy (non-hydrogen) atoms. The molecule has 3 aromatic carbocycles. The molecule has 3 amide bonds. The van der Waals surface area contributed by atoms with Crippen molar-refractivity contribution >= 4 is 23.3 Å². The van der Waals surface area contributed by atoms with E-state index in [1.54, 1.807) is 36.4 Å². The van der Waals surface area contributed by atoms with E-state index >= 15 is 0 Å². The lowest BCUT2D eigenvalue weighted by Gasteiger charge is -2.16. The molecular formula is C27H30N4O4. The van der Waals surface area contributed by atoms with Crippen LogP contribution in [-0.2, 0) is 0 Å². The average Bonchev–Trinajstić information content (AvgIpc) is 3.38. The molecule has 8 nitrogen and oxygen atoms in total. The highest BCUT2D eigenvalue weighted by atomic mass is 16.5. The third kappa shape index (κ3) is 6.97. The van der Waals surface area contributed by atoms with Gasteiger partial charge in [-0.15, -0.1) is 0 Å². The molecule has 0 aromatic heterocycles. The zero-order chi connectivity index (χ0) is 24.5. The molecule has 182 valence electrons. The van der Waals surface area contributed by atoms with Crippen LogP contribution in [0.5, 0.6) is 17.2 Å². The third-order valence-corrected chi connectivity index (χ3v) is 5.69. The van der Waals surface area contributed by atoms with Gasteiger partial charge >= 0.3 is 6.03 Å². The van der Waals surface area contributed by atoms with Gasteiger partial charge in [-0.3, -0.25) is 4.79 Å². The van der Waals surface area contributed by atoms with Crippen LogP contribution in [0.15, 0.2) is 72.8 Å². The average molecular weight is 475 g/mol. The molecule has 1 saturated heterocycles. The Balaban J connectivity index is 1.32. The molecular weight excluding hydrogens is 444 g/mol. The Kier molecular flexibility index (Phi) is 8.19. The second-order valence-corrected chi connectivity index (χ2v) is 8.24. The Morgan fingerprint density at radius 2 is 1.57 bits per heavy atom. The van der Waals surface area contributed by atoms with Crippen molar-refractivity contribution in [2.75, 3.05) is 43.9 Å². The summed E-state index contributed by atoms with van der Waals surface area (Å²) in [6.07, 6.45) is 2.44. The number of amides is 3. The lowest BCUT2D eigenvalue weighted by molar-refractivity contribution is 0.0946. The lowest BCUT2D eigenvalue weighted by atomic mass is 10.1. The number of hydrogen-bond acceptors (Lipinski definition) is 5. The van der Waals surface area contributed by atoms with Crippen LogP contribution in [0.2, 0.25) is 0 Å². The molecule has 3 N–H and O–H groups in total. The molecule has 4 rings (SSSR count). The zero-order valence-electron chi connectivity index (χ0n) is 19.8. The number of nitrogens with zero attached hydrogens (tertiary/aromatic N) is 1. The number of nitrogens with one attached hydrogen (secondary N) is 3. The number of methoxy groups -OCH3 is 1. The van der Waals surface area contributed by atoms with Gasteiger partial charge in [0.15, 0.2) is 0 Å². The molecule has 0 atom stereocenters. The molecule has 1 aliphatic heterocycles. The maximum atomic E-state index is 12.6. The minimum Gasteiger partial charge on any atom is -0.496 e. The Labute approximate surface area is 205 Å². The van der Waals surface area contributed by atoms with Gasteiger partial charge < -0.3 is 30.3 Å². The van der Waals surface area contributed by atoms with Gasteiger partial charge in [0, 0.05) is 36.6 Å². The number of carbonyl (C=O) groups excluding carboxylic acids is 2. The van der Waals surface area contributed by atoms with Crippen molar-refractivity contribution in [2.45, 2.75) is 12.8 Å². The second kappa shape index (κ2) is 11.9. The maximum Gasteiger partial charge on any atom is 0.323 e. The smallest absolute Gasteiger partial charge is 0.323 e. The SMILES string of the molecule is COc1cc(NC(=O)Nc2cccc(Oc3ccccc3)c2)ccc1C(=O)NCCN1CCCC1. The number of ether oxygens (including phenoxy) is 2. The minimum absolute atomic E-state index is 0.202. The van der Waals surface area contributed by atoms with Gasteiger partial charge in [0.2, 0.25) is 0 Å². The number of urea groups is 1. The van der Waals surface area contributed by atoms with Gasteiger partial charge in [-0.1, -0.05) is 24.3 Å². The fourth-order valence-corrected chi connectivity index (χ4v) is 3.94. The summed E-state index contributed by atoms with van der Waals surface area (Å²) in [5.74, 6) is 1.50. The van der Waals surface area contributed by atoms with Crippen LogP contribution in [0.3, 0.4) is 0 Å². The predicted octanol–water partition coefficient (Wildman–Crippen LogP) is 4.96. The van der Waals surface area contributed by atoms with E-state index in [1.165, 1.54) is 20.0 Å². The van der Waals surface area contributed by atoms with Gasteiger partial charge in [0.25, 0.3) is 5.91 Å². The first-order valence-electron chi connectivity index (χ1n) is 11.7. The van der Waals surface area contributed by atoms with Crippen molar-refractivity contribution < 1.29 is 19.1 Å². The van der Waals surface area contributed by atoms with Crippen LogP contribution in [0.1, 0.15) is 23.2 Å². The van der Waals surface area contributed by atoms with Gasteiger partial charge in [-0.25, -0.2) is 4.79 Å². The van der Waals surface area contributed by atoms with Crippen molar-refractivity contribution in [1.29, 1.82) is 0 Å². The van der Waals surface area contributed by atoms with Crippen molar-refractivity contribution in [1.82, 2.24) is 10.2 Å². The van der Waals surface area contributed by atoms with Crippen LogP contribution in [0.25, 0.3) is 0 Å². The summed E-state index contributed by atoms with van der Waals surface area (Å²) < 4.78 is 11.2. The molecule has 0 spiro atoms. The van der Waals surface area contributed by atoms with Crippen LogP contribution >= 0.6 is 0 Å². The molecule has 1 aliphatic rings. The molecule has 0 radical (unpaired) electrons. The summed E-state index contributed by atoms with van der Waals surface area (Å²) in [6.45, 7) is 3.60. The lowest BCUT2D eigenvalue weighted by Crippen LogP contribution is -2.33. The first kappa shape index (κ1) is 24.1. The largest absolute Gasteiger partial charge is 0.496 e. The van der Waals surface area contributed by atoms with Crippen LogP contribution in [0, 0.1) is 0 Å². The van der Waals surface area contributed by atoms with E-state index in [4.69, 9.17) is 9.47 Å². The molecule has 0 aliphatic carbocycles. The number of carbonyl (C=O) groups is 2. The Morgan fingerprint density at radius 1 is 0.857 bits per heavy atom. The number of anilines is 2. The molecule has 3 aromatic rings. The maximum absolute atomic E-state index is 12.6. The highest BCUT2D eigenvalue weighted by molar-refractivity contribution is 6.01. The van der Waals surface area contributed by atoms with E-state index in [1.807, 2.05) is 36.4 Å². The fraction of sp³-hybridized carbons (Fsp3) is 0.259. The highest BCUT2D eigenvalue weighted by Crippen LogP contribution is 2.25. The van der Waals surface area contributed by atoms with Crippen LogP contribution in [0.4, 0.5) is 16.2 Å². The molecule has 0 saturated carbocycles. The Hall–Kier alpha value is -4.04. The Morgan fingerprint density at radius 3 is 2.31 bits per heavy atom. The van der Waals surface area contributed by atoms with E-state index in [0.717, 1.165) is 19.6 Å². The normalized spacial score (nSPS) is 13.2. The van der Waals surface area contributed by atoms with Crippen molar-refractivity contribution in [2.24, 2.45) is 0 Å². The second-order valence-electron chi connectivity index (χ2n) is 8.24. The highest BCUT2D eigenvalue weighted by Gasteiger charge is 2.15. The van der Waals surface area contributed by atoms with Crippen molar-refractivity contribution in [3.05, 3.63) is 78.4 Å². The van der Waals surface area contributed by atoms with E-state index in [-0.39, 0.29) is 5.91 Å². The van der Waals surface area contributed by atoms with Crippen LogP contribution < -0.4 is 25.4 Å². The summed E-state index contributed by atoms with van der Waals surface area (Å²) >= 11 is 0. The van der Waals surface area contributed by atoms with E-state index in [0.29, 0.717) is 40.7 Å². The van der Waals surface area contributed by atoms with Gasteiger partial charge in [-0.2, -0.15) is 0 Å². The minimum atomic E-state index is -0.424. The van der Waals surface area contributed by atoms with E-state index < -0.39 is 6.03 Å². The van der Waals surface area contributed by atoms with E-state index in [2.05, 4.69) is 20.9 Å². The predicted molar refractivity (Wildman–Crippen MR) is 137 cm³/mol. The first-order valence-corrected chi connectivity index (χ1v) is 11.7. The van der Waals surface area contributed by atoms with Crippen molar-refractivity contribution in [3.63, 3.8) is 0 Å². The quantitative estimate of drug-likeness (QED) is 0.408. The van der Waals surface area contributed by atoms with Crippen LogP contribution in [-0.4, -0.2) is 50.1 Å². The standard InChI is InChI=1S/C27H30N4O4/c1-34-25-19-21(12-13-24(25)26(32)28-14-17-31-15-5-6-16-31)30-27(33)29-20-8-7-11-23(18-20)35-22-9-3-2-4-10-22/h2-4,7-13,18-19H,5-6,14-17H2,1H3,(H,28,32)(H2,29,30,33). The number of likely N-dealkylation sites (tertiary alicyclic amines) is 1. The number of rotatable bonds is 9. The number of benzene rings is 3. The topological polar surface area (TPSA) is 91.9 Å². The van der Waals surface area contributed by atoms with Gasteiger partial charge in [0.05, 0.1) is 12.7 Å². The summed E-state index contributed by atoms with van der Waals surface area (Å²) in [4.78, 5) is 27.5. The zero-order valence-corrected chi connectivity index (χ0v) is 19.8. The number of para-hydroxylation sites is 1. The molecule has 0 bridgehead atoms. The molecule has 1 fully saturated rings. The summed E-state index contributed by atoms with van der Waals surface area (Å²) in [5.41, 5.74) is 1.51. The molecule has 0 unspecified atom stereocenters.